The predicted octanol–water partition coefficient (Wildman–Crippen LogP) is 1.66. The third-order valence-electron chi connectivity index (χ3n) is 4.57. The summed E-state index contributed by atoms with van der Waals surface area (Å²) >= 11 is 0. The zero-order valence-electron chi connectivity index (χ0n) is 13.6. The third kappa shape index (κ3) is 2.75. The maximum absolute atomic E-state index is 11.0. The first-order chi connectivity index (χ1) is 12.3. The van der Waals surface area contributed by atoms with Gasteiger partial charge in [-0.1, -0.05) is 0 Å². The molecule has 0 aliphatic carbocycles. The molecule has 25 heavy (non-hydrogen) atoms. The van der Waals surface area contributed by atoms with Crippen molar-refractivity contribution in [3.63, 3.8) is 0 Å². The van der Waals surface area contributed by atoms with Crippen LogP contribution in [0.15, 0.2) is 30.7 Å². The van der Waals surface area contributed by atoms with Crippen molar-refractivity contribution in [1.29, 1.82) is 0 Å². The first-order valence-electron chi connectivity index (χ1n) is 8.29. The van der Waals surface area contributed by atoms with Crippen molar-refractivity contribution >= 4 is 29.1 Å². The van der Waals surface area contributed by atoms with E-state index in [9.17, 15) is 4.79 Å². The van der Waals surface area contributed by atoms with E-state index in [1.165, 1.54) is 0 Å². The molecular weight excluding hydrogens is 318 g/mol. The minimum absolute atomic E-state index is 0.0185. The second-order valence-electron chi connectivity index (χ2n) is 6.05. The second kappa shape index (κ2) is 6.39. The number of pyridine rings is 1. The molecule has 0 saturated carbocycles. The largest absolute Gasteiger partial charge is 0.368 e. The van der Waals surface area contributed by atoms with Gasteiger partial charge in [-0.2, -0.15) is 0 Å². The minimum Gasteiger partial charge on any atom is -0.368 e. The molecule has 0 spiro atoms. The zero-order chi connectivity index (χ0) is 17.2. The van der Waals surface area contributed by atoms with Crippen molar-refractivity contribution in [1.82, 2.24) is 25.3 Å². The number of fused-ring (bicyclic) bond motifs is 1. The number of nitrogens with two attached hydrogens (primary N) is 1. The van der Waals surface area contributed by atoms with Crippen LogP contribution in [0.2, 0.25) is 0 Å². The van der Waals surface area contributed by atoms with Crippen LogP contribution in [0.4, 0.5) is 11.6 Å². The molecule has 3 aromatic heterocycles. The fourth-order valence-corrected chi connectivity index (χ4v) is 3.48. The Morgan fingerprint density at radius 3 is 3.00 bits per heavy atom. The highest BCUT2D eigenvalue weighted by Crippen LogP contribution is 2.36. The van der Waals surface area contributed by atoms with Crippen molar-refractivity contribution in [2.24, 2.45) is 0 Å². The SMILES string of the molecule is Nc1nccc(-c2c[nH]c3nccc(N4CCCCC4NC=O)c23)n1. The lowest BCUT2D eigenvalue weighted by molar-refractivity contribution is -0.110. The predicted molar refractivity (Wildman–Crippen MR) is 95.7 cm³/mol. The van der Waals surface area contributed by atoms with Crippen LogP contribution in [0.3, 0.4) is 0 Å². The number of piperidine rings is 1. The Morgan fingerprint density at radius 1 is 1.28 bits per heavy atom. The summed E-state index contributed by atoms with van der Waals surface area (Å²) in [7, 11) is 0. The fraction of sp³-hybridized carbons (Fsp3) is 0.294. The molecule has 4 heterocycles. The van der Waals surface area contributed by atoms with Crippen LogP contribution in [-0.2, 0) is 4.79 Å². The molecule has 0 radical (unpaired) electrons. The number of aromatic nitrogens is 4. The lowest BCUT2D eigenvalue weighted by atomic mass is 10.0. The summed E-state index contributed by atoms with van der Waals surface area (Å²) in [6.07, 6.45) is 9.15. The fourth-order valence-electron chi connectivity index (χ4n) is 3.48. The van der Waals surface area contributed by atoms with Gasteiger partial charge in [0, 0.05) is 30.7 Å². The van der Waals surface area contributed by atoms with Crippen LogP contribution in [0.5, 0.6) is 0 Å². The smallest absolute Gasteiger partial charge is 0.220 e. The van der Waals surface area contributed by atoms with Gasteiger partial charge in [-0.15, -0.1) is 0 Å². The molecule has 1 unspecified atom stereocenters. The van der Waals surface area contributed by atoms with Gasteiger partial charge in [0.1, 0.15) is 11.8 Å². The molecule has 1 aliphatic rings. The van der Waals surface area contributed by atoms with Crippen LogP contribution in [0, 0.1) is 0 Å². The number of anilines is 2. The van der Waals surface area contributed by atoms with Crippen molar-refractivity contribution in [3.05, 3.63) is 30.7 Å². The normalized spacial score (nSPS) is 17.6. The number of amides is 1. The lowest BCUT2D eigenvalue weighted by Crippen LogP contribution is -2.48. The van der Waals surface area contributed by atoms with Gasteiger partial charge >= 0.3 is 0 Å². The quantitative estimate of drug-likeness (QED) is 0.624. The number of H-pyrrole nitrogens is 1. The van der Waals surface area contributed by atoms with Crippen LogP contribution in [0.1, 0.15) is 19.3 Å². The topological polar surface area (TPSA) is 113 Å². The molecule has 128 valence electrons. The molecule has 1 amide bonds. The van der Waals surface area contributed by atoms with Gasteiger partial charge in [-0.3, -0.25) is 4.79 Å². The minimum atomic E-state index is -0.0185. The Kier molecular flexibility index (Phi) is 3.93. The number of hydrogen-bond donors (Lipinski definition) is 3. The molecule has 0 bridgehead atoms. The van der Waals surface area contributed by atoms with Crippen LogP contribution < -0.4 is 16.0 Å². The first kappa shape index (κ1) is 15.4. The Morgan fingerprint density at radius 2 is 2.16 bits per heavy atom. The Balaban J connectivity index is 1.86. The molecule has 8 heteroatoms. The number of carbonyl (C=O) groups excluding carboxylic acids is 1. The van der Waals surface area contributed by atoms with Gasteiger partial charge in [-0.25, -0.2) is 15.0 Å². The van der Waals surface area contributed by atoms with Gasteiger partial charge in [0.25, 0.3) is 0 Å². The summed E-state index contributed by atoms with van der Waals surface area (Å²) in [4.78, 5) is 29.2. The number of carbonyl (C=O) groups is 1. The van der Waals surface area contributed by atoms with Crippen molar-refractivity contribution in [2.75, 3.05) is 17.2 Å². The van der Waals surface area contributed by atoms with Crippen molar-refractivity contribution in [3.8, 4) is 11.3 Å². The zero-order valence-corrected chi connectivity index (χ0v) is 13.6. The van der Waals surface area contributed by atoms with E-state index in [0.717, 1.165) is 60.2 Å². The van der Waals surface area contributed by atoms with Crippen LogP contribution in [-0.4, -0.2) is 39.1 Å². The molecular formula is C17H19N7O. The highest BCUT2D eigenvalue weighted by Gasteiger charge is 2.25. The maximum atomic E-state index is 11.0. The van der Waals surface area contributed by atoms with Gasteiger partial charge in [-0.05, 0) is 31.4 Å². The molecule has 1 aliphatic heterocycles. The van der Waals surface area contributed by atoms with E-state index in [-0.39, 0.29) is 12.1 Å². The van der Waals surface area contributed by atoms with E-state index < -0.39 is 0 Å². The number of nitrogen functional groups attached to an aromatic ring is 1. The molecule has 1 saturated heterocycles. The molecule has 0 aromatic carbocycles. The molecule has 3 aromatic rings. The van der Waals surface area contributed by atoms with Crippen molar-refractivity contribution in [2.45, 2.75) is 25.4 Å². The molecule has 4 N–H and O–H groups in total. The van der Waals surface area contributed by atoms with Gasteiger partial charge in [0.2, 0.25) is 12.4 Å². The summed E-state index contributed by atoms with van der Waals surface area (Å²) in [5.74, 6) is 0.232. The van der Waals surface area contributed by atoms with E-state index in [4.69, 9.17) is 5.73 Å². The van der Waals surface area contributed by atoms with Gasteiger partial charge in [0.05, 0.1) is 16.8 Å². The van der Waals surface area contributed by atoms with Gasteiger partial charge in [0.15, 0.2) is 0 Å². The second-order valence-corrected chi connectivity index (χ2v) is 6.05. The number of nitrogens with one attached hydrogen (secondary N) is 2. The Bertz CT molecular complexity index is 907. The number of aromatic amines is 1. The van der Waals surface area contributed by atoms with Crippen molar-refractivity contribution < 1.29 is 4.79 Å². The summed E-state index contributed by atoms with van der Waals surface area (Å²) in [6.45, 7) is 0.876. The van der Waals surface area contributed by atoms with Crippen LogP contribution in [0.25, 0.3) is 22.3 Å². The average Bonchev–Trinajstić information content (AvgIpc) is 3.07. The van der Waals surface area contributed by atoms with Crippen LogP contribution >= 0.6 is 0 Å². The summed E-state index contributed by atoms with van der Waals surface area (Å²) < 4.78 is 0. The molecule has 1 atom stereocenters. The average molecular weight is 337 g/mol. The first-order valence-corrected chi connectivity index (χ1v) is 8.29. The standard InChI is InChI=1S/C17H19N7O/c18-17-20-6-4-12(23-17)11-9-21-16-15(11)13(5-7-19-16)24-8-2-1-3-14(24)22-10-25/h4-7,9-10,14H,1-3,8H2,(H,19,21)(H,22,25)(H2,18,20,23). The molecule has 4 rings (SSSR count). The highest BCUT2D eigenvalue weighted by atomic mass is 16.1. The number of hydrogen-bond acceptors (Lipinski definition) is 6. The Labute approximate surface area is 144 Å². The molecule has 1 fully saturated rings. The summed E-state index contributed by atoms with van der Waals surface area (Å²) in [6, 6.07) is 3.81. The number of nitrogens with zero attached hydrogens (tertiary/aromatic N) is 4. The summed E-state index contributed by atoms with van der Waals surface area (Å²) in [5, 5.41) is 3.90. The van der Waals surface area contributed by atoms with E-state index in [0.29, 0.717) is 0 Å². The van der Waals surface area contributed by atoms with Gasteiger partial charge < -0.3 is 20.9 Å². The number of rotatable bonds is 4. The molecule has 8 nitrogen and oxygen atoms in total. The summed E-state index contributed by atoms with van der Waals surface area (Å²) in [5.41, 5.74) is 9.21. The highest BCUT2D eigenvalue weighted by molar-refractivity contribution is 6.02. The monoisotopic (exact) mass is 337 g/mol. The van der Waals surface area contributed by atoms with E-state index in [2.05, 4.69) is 30.2 Å². The lowest BCUT2D eigenvalue weighted by Gasteiger charge is -2.37. The van der Waals surface area contributed by atoms with E-state index in [1.54, 1.807) is 12.4 Å². The van der Waals surface area contributed by atoms with E-state index in [1.807, 2.05) is 18.3 Å². The maximum Gasteiger partial charge on any atom is 0.220 e. The Hall–Kier alpha value is -3.16. The van der Waals surface area contributed by atoms with E-state index >= 15 is 0 Å². The third-order valence-corrected chi connectivity index (χ3v) is 4.57.